The van der Waals surface area contributed by atoms with Crippen LogP contribution in [-0.2, 0) is 14.3 Å². The van der Waals surface area contributed by atoms with Crippen molar-refractivity contribution < 1.29 is 19.4 Å². The molecule has 0 aromatic rings. The molecule has 0 unspecified atom stereocenters. The van der Waals surface area contributed by atoms with Crippen LogP contribution in [0.2, 0.25) is 0 Å². The number of halogens is 1. The van der Waals surface area contributed by atoms with Crippen LogP contribution < -0.4 is 5.32 Å². The molecule has 1 saturated heterocycles. The van der Waals surface area contributed by atoms with Gasteiger partial charge in [0.05, 0.1) is 19.1 Å². The molecular weight excluding hydrogens is 308 g/mol. The zero-order valence-electron chi connectivity index (χ0n) is 13.5. The number of nitrogens with zero attached hydrogens (tertiary/aromatic N) is 1. The number of piperidine rings is 1. The third kappa shape index (κ3) is 9.23. The Kier molecular flexibility index (Phi) is 11.2. The molecule has 6 nitrogen and oxygen atoms in total. The normalized spacial score (nSPS) is 16.3. The highest BCUT2D eigenvalue weighted by Gasteiger charge is 2.25. The summed E-state index contributed by atoms with van der Waals surface area (Å²) in [6, 6.07) is 0. The lowest BCUT2D eigenvalue weighted by Crippen LogP contribution is -2.43. The number of hydrogen-bond donors (Lipinski definition) is 2. The Bertz CT molecular complexity index is 332. The van der Waals surface area contributed by atoms with Crippen molar-refractivity contribution in [2.45, 2.75) is 33.1 Å². The molecule has 7 heteroatoms. The lowest BCUT2D eigenvalue weighted by molar-refractivity contribution is -0.143. The second-order valence-electron chi connectivity index (χ2n) is 6.03. The van der Waals surface area contributed by atoms with E-state index in [0.717, 1.165) is 13.0 Å². The molecule has 1 rings (SSSR count). The molecule has 1 aliphatic heterocycles. The number of rotatable bonds is 9. The van der Waals surface area contributed by atoms with E-state index >= 15 is 0 Å². The van der Waals surface area contributed by atoms with Gasteiger partial charge < -0.3 is 15.2 Å². The van der Waals surface area contributed by atoms with E-state index in [-0.39, 0.29) is 24.2 Å². The summed E-state index contributed by atoms with van der Waals surface area (Å²) < 4.78 is 5.43. The number of aliphatic carboxylic acids is 1. The maximum Gasteiger partial charge on any atom is 0.306 e. The molecule has 1 amide bonds. The van der Waals surface area contributed by atoms with Gasteiger partial charge >= 0.3 is 5.97 Å². The second-order valence-corrected chi connectivity index (χ2v) is 6.03. The van der Waals surface area contributed by atoms with Crippen LogP contribution in [0.25, 0.3) is 0 Å². The van der Waals surface area contributed by atoms with Crippen molar-refractivity contribution >= 4 is 24.3 Å². The zero-order chi connectivity index (χ0) is 15.7. The number of hydrogen-bond acceptors (Lipinski definition) is 4. The second kappa shape index (κ2) is 11.7. The predicted octanol–water partition coefficient (Wildman–Crippen LogP) is 1.38. The number of carbonyl (C=O) groups excluding carboxylic acids is 1. The van der Waals surface area contributed by atoms with Crippen LogP contribution in [0.5, 0.6) is 0 Å². The topological polar surface area (TPSA) is 78.9 Å². The molecule has 1 heterocycles. The molecule has 22 heavy (non-hydrogen) atoms. The fourth-order valence-corrected chi connectivity index (χ4v) is 2.28. The maximum atomic E-state index is 11.7. The summed E-state index contributed by atoms with van der Waals surface area (Å²) in [5.74, 6) is -0.360. The van der Waals surface area contributed by atoms with Gasteiger partial charge in [-0.1, -0.05) is 13.8 Å². The Morgan fingerprint density at radius 1 is 1.27 bits per heavy atom. The Morgan fingerprint density at radius 2 is 1.91 bits per heavy atom. The fourth-order valence-electron chi connectivity index (χ4n) is 2.28. The molecule has 0 bridgehead atoms. The van der Waals surface area contributed by atoms with Gasteiger partial charge in [-0.3, -0.25) is 14.5 Å². The Hall–Kier alpha value is -0.850. The Labute approximate surface area is 139 Å². The van der Waals surface area contributed by atoms with E-state index in [2.05, 4.69) is 19.2 Å². The monoisotopic (exact) mass is 336 g/mol. The van der Waals surface area contributed by atoms with Crippen molar-refractivity contribution in [2.24, 2.45) is 11.8 Å². The van der Waals surface area contributed by atoms with Crippen LogP contribution in [0.1, 0.15) is 33.1 Å². The number of carboxylic acids is 1. The van der Waals surface area contributed by atoms with E-state index in [9.17, 15) is 9.59 Å². The smallest absolute Gasteiger partial charge is 0.306 e. The molecule has 0 aliphatic carbocycles. The summed E-state index contributed by atoms with van der Waals surface area (Å²) in [5, 5.41) is 11.7. The molecule has 0 aromatic carbocycles. The van der Waals surface area contributed by atoms with Crippen LogP contribution in [0.3, 0.4) is 0 Å². The van der Waals surface area contributed by atoms with E-state index in [4.69, 9.17) is 9.84 Å². The zero-order valence-corrected chi connectivity index (χ0v) is 14.4. The molecule has 130 valence electrons. The van der Waals surface area contributed by atoms with Crippen LogP contribution in [-0.4, -0.2) is 61.3 Å². The Balaban J connectivity index is 0.00000441. The first-order valence-corrected chi connectivity index (χ1v) is 7.78. The van der Waals surface area contributed by atoms with Gasteiger partial charge in [-0.15, -0.1) is 12.4 Å². The van der Waals surface area contributed by atoms with Crippen molar-refractivity contribution in [1.82, 2.24) is 10.2 Å². The molecule has 0 atom stereocenters. The minimum absolute atomic E-state index is 0. The summed E-state index contributed by atoms with van der Waals surface area (Å²) in [6.45, 7) is 7.80. The SMILES string of the molecule is CC(C)CCOCCNC(=O)CN1CCC(C(=O)O)CC1.Cl. The van der Waals surface area contributed by atoms with E-state index in [1.54, 1.807) is 0 Å². The van der Waals surface area contributed by atoms with E-state index in [0.29, 0.717) is 51.5 Å². The first-order valence-electron chi connectivity index (χ1n) is 7.78. The third-order valence-electron chi connectivity index (χ3n) is 3.71. The van der Waals surface area contributed by atoms with Crippen molar-refractivity contribution in [1.29, 1.82) is 0 Å². The average molecular weight is 337 g/mol. The van der Waals surface area contributed by atoms with Gasteiger partial charge in [0, 0.05) is 13.2 Å². The fraction of sp³-hybridized carbons (Fsp3) is 0.867. The predicted molar refractivity (Wildman–Crippen MR) is 87.3 cm³/mol. The van der Waals surface area contributed by atoms with Gasteiger partial charge in [-0.25, -0.2) is 0 Å². The summed E-state index contributed by atoms with van der Waals surface area (Å²) in [4.78, 5) is 24.6. The molecule has 0 aromatic heterocycles. The Morgan fingerprint density at radius 3 is 2.45 bits per heavy atom. The van der Waals surface area contributed by atoms with Gasteiger partial charge in [0.15, 0.2) is 0 Å². The highest BCUT2D eigenvalue weighted by Crippen LogP contribution is 2.16. The number of carbonyl (C=O) groups is 2. The summed E-state index contributed by atoms with van der Waals surface area (Å²) in [7, 11) is 0. The number of carboxylic acid groups (broad SMARTS) is 1. The van der Waals surface area contributed by atoms with Gasteiger partial charge in [-0.2, -0.15) is 0 Å². The molecule has 0 saturated carbocycles. The third-order valence-corrected chi connectivity index (χ3v) is 3.71. The molecule has 0 radical (unpaired) electrons. The number of likely N-dealkylation sites (tertiary alicyclic amines) is 1. The lowest BCUT2D eigenvalue weighted by Gasteiger charge is -2.29. The first kappa shape index (κ1) is 21.1. The minimum atomic E-state index is -0.724. The number of ether oxygens (including phenoxy) is 1. The highest BCUT2D eigenvalue weighted by atomic mass is 35.5. The quantitative estimate of drug-likeness (QED) is 0.622. The van der Waals surface area contributed by atoms with E-state index in [1.807, 2.05) is 4.90 Å². The van der Waals surface area contributed by atoms with Gasteiger partial charge in [0.1, 0.15) is 0 Å². The number of nitrogens with one attached hydrogen (secondary N) is 1. The van der Waals surface area contributed by atoms with Crippen LogP contribution >= 0.6 is 12.4 Å². The van der Waals surface area contributed by atoms with Crippen molar-refractivity contribution in [3.05, 3.63) is 0 Å². The van der Waals surface area contributed by atoms with E-state index in [1.165, 1.54) is 0 Å². The molecule has 2 N–H and O–H groups in total. The summed E-state index contributed by atoms with van der Waals surface area (Å²) in [6.07, 6.45) is 2.29. The summed E-state index contributed by atoms with van der Waals surface area (Å²) in [5.41, 5.74) is 0. The average Bonchev–Trinajstić information content (AvgIpc) is 2.43. The van der Waals surface area contributed by atoms with Crippen LogP contribution in [0.15, 0.2) is 0 Å². The first-order chi connectivity index (χ1) is 9.99. The van der Waals surface area contributed by atoms with Gasteiger partial charge in [-0.05, 0) is 38.3 Å². The largest absolute Gasteiger partial charge is 0.481 e. The van der Waals surface area contributed by atoms with Gasteiger partial charge in [0.25, 0.3) is 0 Å². The molecular formula is C15H29ClN2O4. The van der Waals surface area contributed by atoms with Crippen LogP contribution in [0, 0.1) is 11.8 Å². The number of amides is 1. The highest BCUT2D eigenvalue weighted by molar-refractivity contribution is 5.85. The van der Waals surface area contributed by atoms with Crippen molar-refractivity contribution in [3.63, 3.8) is 0 Å². The minimum Gasteiger partial charge on any atom is -0.481 e. The van der Waals surface area contributed by atoms with Crippen LogP contribution in [0.4, 0.5) is 0 Å². The van der Waals surface area contributed by atoms with Crippen molar-refractivity contribution in [3.8, 4) is 0 Å². The lowest BCUT2D eigenvalue weighted by atomic mass is 9.97. The standard InChI is InChI=1S/C15H28N2O4.ClH/c1-12(2)5-9-21-10-6-16-14(18)11-17-7-3-13(4-8-17)15(19)20;/h12-13H,3-11H2,1-2H3,(H,16,18)(H,19,20);1H. The maximum absolute atomic E-state index is 11.7. The molecule has 0 spiro atoms. The summed E-state index contributed by atoms with van der Waals surface area (Å²) >= 11 is 0. The van der Waals surface area contributed by atoms with Crippen molar-refractivity contribution in [2.75, 3.05) is 39.4 Å². The van der Waals surface area contributed by atoms with Gasteiger partial charge in [0.2, 0.25) is 5.91 Å². The molecule has 1 fully saturated rings. The van der Waals surface area contributed by atoms with E-state index < -0.39 is 5.97 Å². The molecule has 1 aliphatic rings.